The van der Waals surface area contributed by atoms with Gasteiger partial charge in [0.1, 0.15) is 48.8 Å². The van der Waals surface area contributed by atoms with Crippen LogP contribution in [0.4, 0.5) is 0 Å². The lowest BCUT2D eigenvalue weighted by Gasteiger charge is -2.48. The fourth-order valence-corrected chi connectivity index (χ4v) is 4.51. The average molecular weight is 546 g/mol. The molecule has 1 amide bonds. The number of hydrogen-bond donors (Lipinski definition) is 7. The van der Waals surface area contributed by atoms with Crippen molar-refractivity contribution >= 4 is 11.9 Å². The van der Waals surface area contributed by atoms with E-state index in [0.29, 0.717) is 5.56 Å². The third kappa shape index (κ3) is 7.04. The van der Waals surface area contributed by atoms with Crippen LogP contribution in [0.1, 0.15) is 12.5 Å². The van der Waals surface area contributed by atoms with Gasteiger partial charge in [0.2, 0.25) is 5.91 Å². The summed E-state index contributed by atoms with van der Waals surface area (Å²) in [6.07, 6.45) is -14.9. The zero-order valence-corrected chi connectivity index (χ0v) is 20.9. The van der Waals surface area contributed by atoms with Crippen molar-refractivity contribution in [3.05, 3.63) is 35.9 Å². The van der Waals surface area contributed by atoms with Gasteiger partial charge in [0.05, 0.1) is 13.2 Å². The molecule has 0 aromatic heterocycles. The molecule has 2 aliphatic rings. The summed E-state index contributed by atoms with van der Waals surface area (Å²) in [5.74, 6) is -1.87. The van der Waals surface area contributed by atoms with E-state index in [1.54, 1.807) is 30.3 Å². The zero-order chi connectivity index (χ0) is 28.0. The fourth-order valence-electron chi connectivity index (χ4n) is 4.51. The van der Waals surface area contributed by atoms with E-state index in [-0.39, 0.29) is 6.42 Å². The van der Waals surface area contributed by atoms with Crippen molar-refractivity contribution in [1.29, 1.82) is 0 Å². The molecule has 7 N–H and O–H groups in total. The van der Waals surface area contributed by atoms with E-state index in [1.165, 1.54) is 14.0 Å². The molecule has 2 saturated heterocycles. The SMILES string of the molecule is CO[C@@H]1O[C@H](CO)[C@H](O)[C@H](O[C@@H]2O[C@H](CO)[C@H](O)[C@H](O[C@H](Cc3ccccc3)C(=O)O)[C@H]2O)[C@H]1NC(C)=O. The van der Waals surface area contributed by atoms with Crippen LogP contribution in [0.2, 0.25) is 0 Å². The number of carbonyl (C=O) groups is 2. The van der Waals surface area contributed by atoms with Crippen LogP contribution >= 0.6 is 0 Å². The van der Waals surface area contributed by atoms with E-state index in [1.807, 2.05) is 0 Å². The number of methoxy groups -OCH3 is 1. The van der Waals surface area contributed by atoms with Gasteiger partial charge < -0.3 is 59.6 Å². The Morgan fingerprint density at radius 3 is 2.05 bits per heavy atom. The van der Waals surface area contributed by atoms with Crippen LogP contribution in [-0.4, -0.2) is 130 Å². The van der Waals surface area contributed by atoms with Gasteiger partial charge in [0, 0.05) is 20.5 Å². The topological polar surface area (TPSA) is 214 Å². The third-order valence-corrected chi connectivity index (χ3v) is 6.43. The number of amides is 1. The molecular weight excluding hydrogens is 510 g/mol. The van der Waals surface area contributed by atoms with Gasteiger partial charge in [0.15, 0.2) is 18.7 Å². The molecule has 0 spiro atoms. The molecule has 2 heterocycles. The van der Waals surface area contributed by atoms with Crippen molar-refractivity contribution < 1.29 is 63.9 Å². The smallest absolute Gasteiger partial charge is 0.333 e. The number of ether oxygens (including phenoxy) is 5. The van der Waals surface area contributed by atoms with Crippen molar-refractivity contribution in [2.24, 2.45) is 0 Å². The highest BCUT2D eigenvalue weighted by Crippen LogP contribution is 2.31. The molecule has 3 rings (SSSR count). The number of benzene rings is 1. The van der Waals surface area contributed by atoms with Crippen LogP contribution in [0, 0.1) is 0 Å². The maximum Gasteiger partial charge on any atom is 0.333 e. The quantitative estimate of drug-likeness (QED) is 0.149. The third-order valence-electron chi connectivity index (χ3n) is 6.43. The summed E-state index contributed by atoms with van der Waals surface area (Å²) in [5, 5.41) is 64.2. The van der Waals surface area contributed by atoms with E-state index in [0.717, 1.165) is 0 Å². The highest BCUT2D eigenvalue weighted by Gasteiger charge is 2.52. The van der Waals surface area contributed by atoms with Crippen molar-refractivity contribution in [3.63, 3.8) is 0 Å². The Hall–Kier alpha value is -2.24. The minimum Gasteiger partial charge on any atom is -0.479 e. The lowest BCUT2D eigenvalue weighted by molar-refractivity contribution is -0.348. The minimum absolute atomic E-state index is 0.0841. The highest BCUT2D eigenvalue weighted by atomic mass is 16.7. The van der Waals surface area contributed by atoms with Crippen LogP contribution < -0.4 is 5.32 Å². The number of rotatable bonds is 11. The molecule has 0 aliphatic carbocycles. The fraction of sp³-hybridized carbons (Fsp3) is 0.667. The maximum atomic E-state index is 11.9. The molecule has 0 radical (unpaired) electrons. The predicted molar refractivity (Wildman–Crippen MR) is 125 cm³/mol. The minimum atomic E-state index is -1.80. The van der Waals surface area contributed by atoms with E-state index in [2.05, 4.69) is 5.32 Å². The molecule has 38 heavy (non-hydrogen) atoms. The Morgan fingerprint density at radius 1 is 0.947 bits per heavy atom. The molecule has 1 aromatic rings. The first-order valence-electron chi connectivity index (χ1n) is 12.1. The Labute approximate surface area is 218 Å². The first-order chi connectivity index (χ1) is 18.1. The lowest BCUT2D eigenvalue weighted by atomic mass is 9.95. The highest BCUT2D eigenvalue weighted by molar-refractivity contribution is 5.73. The molecule has 14 heteroatoms. The van der Waals surface area contributed by atoms with Crippen molar-refractivity contribution in [1.82, 2.24) is 5.32 Å². The molecule has 1 aromatic carbocycles. The molecule has 0 unspecified atom stereocenters. The van der Waals surface area contributed by atoms with E-state index in [9.17, 15) is 40.2 Å². The number of carbonyl (C=O) groups excluding carboxylic acids is 1. The van der Waals surface area contributed by atoms with Gasteiger partial charge in [-0.2, -0.15) is 0 Å². The zero-order valence-electron chi connectivity index (χ0n) is 20.9. The van der Waals surface area contributed by atoms with Crippen molar-refractivity contribution in [2.75, 3.05) is 20.3 Å². The Balaban J connectivity index is 1.85. The molecule has 214 valence electrons. The number of carboxylic acids is 1. The predicted octanol–water partition coefficient (Wildman–Crippen LogP) is -2.88. The average Bonchev–Trinajstić information content (AvgIpc) is 2.89. The van der Waals surface area contributed by atoms with Crippen LogP contribution in [0.25, 0.3) is 0 Å². The molecule has 0 bridgehead atoms. The van der Waals surface area contributed by atoms with Gasteiger partial charge >= 0.3 is 5.97 Å². The number of hydrogen-bond acceptors (Lipinski definition) is 12. The Morgan fingerprint density at radius 2 is 1.53 bits per heavy atom. The maximum absolute atomic E-state index is 11.9. The normalized spacial score (nSPS) is 36.4. The van der Waals surface area contributed by atoms with Crippen LogP contribution in [0.5, 0.6) is 0 Å². The first kappa shape index (κ1) is 30.3. The van der Waals surface area contributed by atoms with E-state index in [4.69, 9.17) is 23.7 Å². The molecule has 14 nitrogen and oxygen atoms in total. The summed E-state index contributed by atoms with van der Waals surface area (Å²) in [6.45, 7) is -0.165. The summed E-state index contributed by atoms with van der Waals surface area (Å²) in [4.78, 5) is 23.8. The molecule has 0 saturated carbocycles. The second-order valence-corrected chi connectivity index (χ2v) is 9.10. The molecule has 2 fully saturated rings. The van der Waals surface area contributed by atoms with Crippen LogP contribution in [0.3, 0.4) is 0 Å². The van der Waals surface area contributed by atoms with Crippen LogP contribution in [0.15, 0.2) is 30.3 Å². The molecular formula is C24H35NO13. The standard InChI is InChI=1S/C24H35NO13/c1-11(28)25-16-20(17(29)14(9-26)36-23(16)34-2)38-24-19(31)21(18(30)15(10-27)37-24)35-13(22(32)33)8-12-6-4-3-5-7-12/h3-7,13-21,23-24,26-27,29-31H,8-10H2,1-2H3,(H,25,28)(H,32,33)/t13-,14-,15-,16-,17+,18+,19-,20-,21+,23-,24+/m1/s1. The van der Waals surface area contributed by atoms with Gasteiger partial charge in [0.25, 0.3) is 0 Å². The van der Waals surface area contributed by atoms with Crippen molar-refractivity contribution in [3.8, 4) is 0 Å². The first-order valence-corrected chi connectivity index (χ1v) is 12.1. The number of aliphatic carboxylic acids is 1. The monoisotopic (exact) mass is 545 g/mol. The van der Waals surface area contributed by atoms with E-state index >= 15 is 0 Å². The largest absolute Gasteiger partial charge is 0.479 e. The molecule has 2 aliphatic heterocycles. The summed E-state index contributed by atoms with van der Waals surface area (Å²) < 4.78 is 27.7. The number of nitrogens with one attached hydrogen (secondary N) is 1. The lowest BCUT2D eigenvalue weighted by Crippen LogP contribution is -2.68. The molecule has 11 atom stereocenters. The van der Waals surface area contributed by atoms with Crippen LogP contribution in [-0.2, 0) is 39.7 Å². The Bertz CT molecular complexity index is 905. The summed E-state index contributed by atoms with van der Waals surface area (Å²) in [6, 6.07) is 7.45. The van der Waals surface area contributed by atoms with Gasteiger partial charge in [-0.3, -0.25) is 4.79 Å². The summed E-state index contributed by atoms with van der Waals surface area (Å²) in [5.41, 5.74) is 0.631. The number of aliphatic hydroxyl groups is 5. The summed E-state index contributed by atoms with van der Waals surface area (Å²) >= 11 is 0. The number of aliphatic hydroxyl groups excluding tert-OH is 5. The number of carboxylic acid groups (broad SMARTS) is 1. The second-order valence-electron chi connectivity index (χ2n) is 9.10. The Kier molecular flexibility index (Phi) is 10.9. The van der Waals surface area contributed by atoms with Crippen molar-refractivity contribution in [2.45, 2.75) is 80.8 Å². The van der Waals surface area contributed by atoms with Gasteiger partial charge in [-0.1, -0.05) is 30.3 Å². The van der Waals surface area contributed by atoms with Gasteiger partial charge in [-0.05, 0) is 5.56 Å². The van der Waals surface area contributed by atoms with Gasteiger partial charge in [-0.25, -0.2) is 4.79 Å². The summed E-state index contributed by atoms with van der Waals surface area (Å²) in [7, 11) is 1.27. The van der Waals surface area contributed by atoms with E-state index < -0.39 is 92.5 Å². The second kappa shape index (κ2) is 13.7. The van der Waals surface area contributed by atoms with Gasteiger partial charge in [-0.15, -0.1) is 0 Å².